The van der Waals surface area contributed by atoms with Crippen LogP contribution in [-0.2, 0) is 9.59 Å². The van der Waals surface area contributed by atoms with E-state index in [1.807, 2.05) is 43.3 Å². The van der Waals surface area contributed by atoms with E-state index in [0.29, 0.717) is 22.0 Å². The van der Waals surface area contributed by atoms with Crippen LogP contribution in [0.4, 0.5) is 11.4 Å². The smallest absolute Gasteiger partial charge is 0.258 e. The molecule has 31 heavy (non-hydrogen) atoms. The number of hydrazine groups is 1. The zero-order valence-corrected chi connectivity index (χ0v) is 17.8. The van der Waals surface area contributed by atoms with Crippen molar-refractivity contribution in [2.45, 2.75) is 19.8 Å². The number of hydrogen-bond acceptors (Lipinski definition) is 3. The minimum absolute atomic E-state index is 0.0917. The van der Waals surface area contributed by atoms with Crippen molar-refractivity contribution in [3.63, 3.8) is 0 Å². The number of para-hydroxylation sites is 2. The number of amides is 2. The van der Waals surface area contributed by atoms with Crippen LogP contribution in [0.15, 0.2) is 78.9 Å². The number of aryl methyl sites for hydroxylation is 1. The number of ketones is 1. The highest BCUT2D eigenvalue weighted by molar-refractivity contribution is 6.31. The van der Waals surface area contributed by atoms with E-state index in [1.165, 1.54) is 10.0 Å². The Balaban J connectivity index is 1.59. The molecule has 0 aliphatic carbocycles. The lowest BCUT2D eigenvalue weighted by Gasteiger charge is -2.27. The molecule has 0 aromatic heterocycles. The number of nitrogens with zero attached hydrogens (tertiary/aromatic N) is 2. The fourth-order valence-electron chi connectivity index (χ4n) is 3.71. The predicted octanol–water partition coefficient (Wildman–Crippen LogP) is 5.22. The van der Waals surface area contributed by atoms with Gasteiger partial charge in [-0.25, -0.2) is 10.0 Å². The fraction of sp³-hybridized carbons (Fsp3) is 0.160. The van der Waals surface area contributed by atoms with Gasteiger partial charge in [0.15, 0.2) is 5.78 Å². The maximum Gasteiger partial charge on any atom is 0.258 e. The Morgan fingerprint density at radius 2 is 1.35 bits per heavy atom. The minimum atomic E-state index is -0.919. The van der Waals surface area contributed by atoms with Gasteiger partial charge in [0.1, 0.15) is 5.92 Å². The number of carbonyl (C=O) groups excluding carboxylic acids is 3. The molecular weight excluding hydrogens is 412 g/mol. The standard InChI is InChI=1S/C25H21ClN2O3/c1-17-16-18(12-14-22(17)26)23(29)15-13-21-24(30)27(19-8-4-2-5-9-19)28(25(21)31)20-10-6-3-7-11-20/h2-12,14,16,21H,13,15H2,1H3. The van der Waals surface area contributed by atoms with Crippen LogP contribution in [0.5, 0.6) is 0 Å². The fourth-order valence-corrected chi connectivity index (χ4v) is 3.82. The van der Waals surface area contributed by atoms with Gasteiger partial charge in [-0.3, -0.25) is 14.4 Å². The van der Waals surface area contributed by atoms with Crippen LogP contribution in [0, 0.1) is 12.8 Å². The van der Waals surface area contributed by atoms with Gasteiger partial charge in [-0.2, -0.15) is 0 Å². The number of hydrogen-bond donors (Lipinski definition) is 0. The first-order valence-electron chi connectivity index (χ1n) is 10.0. The van der Waals surface area contributed by atoms with E-state index in [-0.39, 0.29) is 30.4 Å². The first-order chi connectivity index (χ1) is 15.0. The summed E-state index contributed by atoms with van der Waals surface area (Å²) in [5.41, 5.74) is 2.55. The Hall–Kier alpha value is -3.44. The number of anilines is 2. The van der Waals surface area contributed by atoms with Gasteiger partial charge in [0, 0.05) is 17.0 Å². The van der Waals surface area contributed by atoms with Crippen molar-refractivity contribution in [2.24, 2.45) is 5.92 Å². The van der Waals surface area contributed by atoms with E-state index in [1.54, 1.807) is 42.5 Å². The quantitative estimate of drug-likeness (QED) is 0.396. The highest BCUT2D eigenvalue weighted by atomic mass is 35.5. The minimum Gasteiger partial charge on any atom is -0.294 e. The van der Waals surface area contributed by atoms with Crippen LogP contribution in [0.2, 0.25) is 5.02 Å². The monoisotopic (exact) mass is 432 g/mol. The lowest BCUT2D eigenvalue weighted by atomic mass is 9.97. The summed E-state index contributed by atoms with van der Waals surface area (Å²) in [6.45, 7) is 1.83. The molecule has 1 heterocycles. The van der Waals surface area contributed by atoms with Gasteiger partial charge in [-0.1, -0.05) is 48.0 Å². The third kappa shape index (κ3) is 4.09. The van der Waals surface area contributed by atoms with Crippen molar-refractivity contribution in [3.8, 4) is 0 Å². The largest absolute Gasteiger partial charge is 0.294 e. The van der Waals surface area contributed by atoms with Gasteiger partial charge in [0.05, 0.1) is 11.4 Å². The second kappa shape index (κ2) is 8.74. The molecular formula is C25H21ClN2O3. The second-order valence-corrected chi connectivity index (χ2v) is 7.86. The summed E-state index contributed by atoms with van der Waals surface area (Å²) in [6, 6.07) is 23.2. The van der Waals surface area contributed by atoms with E-state index in [9.17, 15) is 14.4 Å². The van der Waals surface area contributed by atoms with Crippen LogP contribution in [0.1, 0.15) is 28.8 Å². The Kier molecular flexibility index (Phi) is 5.87. The van der Waals surface area contributed by atoms with Crippen molar-refractivity contribution in [1.29, 1.82) is 0 Å². The molecule has 5 nitrogen and oxygen atoms in total. The van der Waals surface area contributed by atoms with Crippen molar-refractivity contribution in [1.82, 2.24) is 0 Å². The molecule has 0 N–H and O–H groups in total. The molecule has 4 rings (SSSR count). The zero-order chi connectivity index (χ0) is 22.0. The molecule has 0 radical (unpaired) electrons. The summed E-state index contributed by atoms with van der Waals surface area (Å²) in [6.07, 6.45) is 0.235. The molecule has 1 aliphatic heterocycles. The van der Waals surface area contributed by atoms with E-state index >= 15 is 0 Å². The molecule has 0 saturated carbocycles. The first-order valence-corrected chi connectivity index (χ1v) is 10.4. The van der Waals surface area contributed by atoms with Gasteiger partial charge in [-0.15, -0.1) is 0 Å². The number of benzene rings is 3. The molecule has 6 heteroatoms. The maximum absolute atomic E-state index is 13.3. The summed E-state index contributed by atoms with van der Waals surface area (Å²) in [7, 11) is 0. The third-order valence-corrected chi connectivity index (χ3v) is 5.78. The number of halogens is 1. The van der Waals surface area contributed by atoms with E-state index in [4.69, 9.17) is 11.6 Å². The van der Waals surface area contributed by atoms with Crippen LogP contribution in [0.25, 0.3) is 0 Å². The lowest BCUT2D eigenvalue weighted by Crippen LogP contribution is -2.41. The highest BCUT2D eigenvalue weighted by Crippen LogP contribution is 2.33. The summed E-state index contributed by atoms with van der Waals surface area (Å²) >= 11 is 6.04. The lowest BCUT2D eigenvalue weighted by molar-refractivity contribution is -0.127. The molecule has 0 atom stereocenters. The van der Waals surface area contributed by atoms with Crippen molar-refractivity contribution >= 4 is 40.6 Å². The highest BCUT2D eigenvalue weighted by Gasteiger charge is 2.46. The van der Waals surface area contributed by atoms with E-state index < -0.39 is 5.92 Å². The predicted molar refractivity (Wildman–Crippen MR) is 121 cm³/mol. The average molecular weight is 433 g/mol. The molecule has 3 aromatic rings. The van der Waals surface area contributed by atoms with Crippen LogP contribution >= 0.6 is 11.6 Å². The Morgan fingerprint density at radius 3 is 1.84 bits per heavy atom. The van der Waals surface area contributed by atoms with Gasteiger partial charge >= 0.3 is 0 Å². The zero-order valence-electron chi connectivity index (χ0n) is 17.0. The normalized spacial score (nSPS) is 14.4. The van der Waals surface area contributed by atoms with Crippen LogP contribution < -0.4 is 10.0 Å². The Labute approximate surface area is 185 Å². The molecule has 0 bridgehead atoms. The van der Waals surface area contributed by atoms with Crippen molar-refractivity contribution in [3.05, 3.63) is 95.0 Å². The number of Topliss-reactive ketones (excluding diaryl/α,β-unsaturated/α-hetero) is 1. The SMILES string of the molecule is Cc1cc(C(=O)CCC2C(=O)N(c3ccccc3)N(c3ccccc3)C2=O)ccc1Cl. The third-order valence-electron chi connectivity index (χ3n) is 5.36. The molecule has 0 unspecified atom stereocenters. The van der Waals surface area contributed by atoms with Crippen LogP contribution in [0.3, 0.4) is 0 Å². The summed E-state index contributed by atoms with van der Waals surface area (Å²) in [4.78, 5) is 39.3. The molecule has 1 saturated heterocycles. The van der Waals surface area contributed by atoms with Crippen molar-refractivity contribution in [2.75, 3.05) is 10.0 Å². The molecule has 2 amide bonds. The van der Waals surface area contributed by atoms with Gasteiger partial charge in [-0.05, 0) is 61.4 Å². The van der Waals surface area contributed by atoms with Gasteiger partial charge in [0.25, 0.3) is 11.8 Å². The van der Waals surface area contributed by atoms with E-state index in [2.05, 4.69) is 0 Å². The number of carbonyl (C=O) groups is 3. The summed E-state index contributed by atoms with van der Waals surface area (Å²) in [5, 5.41) is 3.40. The number of rotatable bonds is 6. The Bertz CT molecular complexity index is 1070. The molecule has 156 valence electrons. The first kappa shape index (κ1) is 20.8. The van der Waals surface area contributed by atoms with Gasteiger partial charge < -0.3 is 0 Å². The summed E-state index contributed by atoms with van der Waals surface area (Å²) in [5.74, 6) is -1.71. The summed E-state index contributed by atoms with van der Waals surface area (Å²) < 4.78 is 0. The molecule has 1 aliphatic rings. The van der Waals surface area contributed by atoms with Gasteiger partial charge in [0.2, 0.25) is 0 Å². The average Bonchev–Trinajstić information content (AvgIpc) is 3.04. The molecule has 0 spiro atoms. The molecule has 1 fully saturated rings. The molecule has 3 aromatic carbocycles. The van der Waals surface area contributed by atoms with E-state index in [0.717, 1.165) is 5.56 Å². The van der Waals surface area contributed by atoms with Crippen molar-refractivity contribution < 1.29 is 14.4 Å². The topological polar surface area (TPSA) is 57.7 Å². The second-order valence-electron chi connectivity index (χ2n) is 7.45. The van der Waals surface area contributed by atoms with Crippen LogP contribution in [-0.4, -0.2) is 17.6 Å². The Morgan fingerprint density at radius 1 is 0.839 bits per heavy atom. The maximum atomic E-state index is 13.3.